The molecule has 2 rings (SSSR count). The molecule has 0 saturated carbocycles. The second-order valence-electron chi connectivity index (χ2n) is 5.15. The first-order chi connectivity index (χ1) is 11.1. The molecule has 0 radical (unpaired) electrons. The van der Waals surface area contributed by atoms with Crippen LogP contribution in [0, 0.1) is 13.8 Å². The van der Waals surface area contributed by atoms with Gasteiger partial charge in [0.2, 0.25) is 0 Å². The molecule has 0 spiro atoms. The number of nitrogens with one attached hydrogen (secondary N) is 2. The van der Waals surface area contributed by atoms with E-state index >= 15 is 0 Å². The van der Waals surface area contributed by atoms with E-state index in [0.29, 0.717) is 18.3 Å². The predicted octanol–water partition coefficient (Wildman–Crippen LogP) is 3.68. The first-order valence-corrected chi connectivity index (χ1v) is 7.91. The van der Waals surface area contributed by atoms with Crippen LogP contribution >= 0.6 is 12.2 Å². The van der Waals surface area contributed by atoms with Crippen molar-refractivity contribution in [1.29, 1.82) is 0 Å². The van der Waals surface area contributed by atoms with Crippen LogP contribution in [0.25, 0.3) is 0 Å². The average Bonchev–Trinajstić information content (AvgIpc) is 2.55. The molecular formula is C18H22N2O2S. The van der Waals surface area contributed by atoms with Crippen molar-refractivity contribution in [2.24, 2.45) is 0 Å². The number of ether oxygens (including phenoxy) is 2. The first-order valence-electron chi connectivity index (χ1n) is 7.51. The lowest BCUT2D eigenvalue weighted by molar-refractivity contribution is 0.215. The van der Waals surface area contributed by atoms with E-state index < -0.39 is 0 Å². The van der Waals surface area contributed by atoms with Crippen molar-refractivity contribution in [3.63, 3.8) is 0 Å². The van der Waals surface area contributed by atoms with Gasteiger partial charge in [-0.3, -0.25) is 0 Å². The Morgan fingerprint density at radius 2 is 1.61 bits per heavy atom. The van der Waals surface area contributed by atoms with E-state index in [0.717, 1.165) is 28.3 Å². The normalized spacial score (nSPS) is 10.0. The average molecular weight is 330 g/mol. The highest BCUT2D eigenvalue weighted by Crippen LogP contribution is 2.23. The fourth-order valence-electron chi connectivity index (χ4n) is 2.05. The molecule has 0 aliphatic heterocycles. The van der Waals surface area contributed by atoms with Crippen molar-refractivity contribution in [2.75, 3.05) is 25.6 Å². The van der Waals surface area contributed by atoms with E-state index in [1.54, 1.807) is 7.05 Å². The molecule has 0 aliphatic rings. The van der Waals surface area contributed by atoms with Crippen molar-refractivity contribution in [3.8, 4) is 11.5 Å². The van der Waals surface area contributed by atoms with Gasteiger partial charge in [0.1, 0.15) is 24.7 Å². The third kappa shape index (κ3) is 5.14. The quantitative estimate of drug-likeness (QED) is 0.625. The van der Waals surface area contributed by atoms with Gasteiger partial charge in [-0.15, -0.1) is 0 Å². The summed E-state index contributed by atoms with van der Waals surface area (Å²) in [6, 6.07) is 13.9. The summed E-state index contributed by atoms with van der Waals surface area (Å²) in [6.45, 7) is 5.02. The predicted molar refractivity (Wildman–Crippen MR) is 98.6 cm³/mol. The largest absolute Gasteiger partial charge is 0.490 e. The molecule has 0 heterocycles. The second-order valence-corrected chi connectivity index (χ2v) is 5.56. The molecule has 23 heavy (non-hydrogen) atoms. The van der Waals surface area contributed by atoms with Gasteiger partial charge in [-0.2, -0.15) is 0 Å². The van der Waals surface area contributed by atoms with Gasteiger partial charge < -0.3 is 20.1 Å². The lowest BCUT2D eigenvalue weighted by Crippen LogP contribution is -2.24. The zero-order valence-electron chi connectivity index (χ0n) is 13.7. The topological polar surface area (TPSA) is 42.5 Å². The van der Waals surface area contributed by atoms with Crippen molar-refractivity contribution < 1.29 is 9.47 Å². The monoisotopic (exact) mass is 330 g/mol. The van der Waals surface area contributed by atoms with Crippen molar-refractivity contribution in [1.82, 2.24) is 5.32 Å². The molecule has 0 fully saturated rings. The highest BCUT2D eigenvalue weighted by molar-refractivity contribution is 7.80. The van der Waals surface area contributed by atoms with Crippen LogP contribution < -0.4 is 20.1 Å². The van der Waals surface area contributed by atoms with E-state index in [9.17, 15) is 0 Å². The molecule has 2 aromatic carbocycles. The van der Waals surface area contributed by atoms with Crippen LogP contribution in [0.2, 0.25) is 0 Å². The number of aryl methyl sites for hydroxylation is 2. The summed E-state index contributed by atoms with van der Waals surface area (Å²) < 4.78 is 11.6. The Balaban J connectivity index is 1.88. The standard InChI is InChI=1S/C18H22N2O2S/c1-13-6-4-5-7-16(13)21-10-11-22-17-12-15(9-8-14(17)2)20-18(23)19-3/h4-9,12H,10-11H2,1-3H3,(H2,19,20,23). The zero-order valence-corrected chi connectivity index (χ0v) is 14.5. The Morgan fingerprint density at radius 3 is 2.30 bits per heavy atom. The van der Waals surface area contributed by atoms with Crippen molar-refractivity contribution in [2.45, 2.75) is 13.8 Å². The van der Waals surface area contributed by atoms with Gasteiger partial charge in [0, 0.05) is 18.8 Å². The highest BCUT2D eigenvalue weighted by Gasteiger charge is 2.04. The van der Waals surface area contributed by atoms with E-state index in [2.05, 4.69) is 10.6 Å². The molecule has 0 aromatic heterocycles. The molecule has 5 heteroatoms. The maximum absolute atomic E-state index is 5.83. The number of hydrogen-bond donors (Lipinski definition) is 2. The molecule has 0 aliphatic carbocycles. The van der Waals surface area contributed by atoms with E-state index in [1.807, 2.05) is 56.3 Å². The summed E-state index contributed by atoms with van der Waals surface area (Å²) in [5, 5.41) is 6.55. The molecule has 0 saturated heterocycles. The van der Waals surface area contributed by atoms with Gasteiger partial charge in [-0.1, -0.05) is 24.3 Å². The van der Waals surface area contributed by atoms with Crippen LogP contribution in [0.4, 0.5) is 5.69 Å². The molecule has 0 amide bonds. The molecule has 2 N–H and O–H groups in total. The second kappa shape index (κ2) is 8.39. The van der Waals surface area contributed by atoms with E-state index in [4.69, 9.17) is 21.7 Å². The SMILES string of the molecule is CNC(=S)Nc1ccc(C)c(OCCOc2ccccc2C)c1. The Kier molecular flexibility index (Phi) is 6.23. The molecule has 2 aromatic rings. The molecule has 122 valence electrons. The van der Waals surface area contributed by atoms with Gasteiger partial charge >= 0.3 is 0 Å². The summed E-state index contributed by atoms with van der Waals surface area (Å²) in [5.41, 5.74) is 3.09. The van der Waals surface area contributed by atoms with Gasteiger partial charge in [-0.25, -0.2) is 0 Å². The minimum atomic E-state index is 0.481. The smallest absolute Gasteiger partial charge is 0.170 e. The van der Waals surface area contributed by atoms with Gasteiger partial charge in [0.15, 0.2) is 5.11 Å². The number of benzene rings is 2. The minimum absolute atomic E-state index is 0.481. The van der Waals surface area contributed by atoms with Gasteiger partial charge in [0.25, 0.3) is 0 Å². The number of hydrogen-bond acceptors (Lipinski definition) is 3. The van der Waals surface area contributed by atoms with E-state index in [-0.39, 0.29) is 0 Å². The van der Waals surface area contributed by atoms with Gasteiger partial charge in [-0.05, 0) is 49.3 Å². The van der Waals surface area contributed by atoms with Crippen LogP contribution in [-0.4, -0.2) is 25.4 Å². The molecule has 0 unspecified atom stereocenters. The Hall–Kier alpha value is -2.27. The van der Waals surface area contributed by atoms with Crippen LogP contribution in [0.1, 0.15) is 11.1 Å². The number of rotatable bonds is 6. The van der Waals surface area contributed by atoms with Crippen LogP contribution in [0.3, 0.4) is 0 Å². The van der Waals surface area contributed by atoms with Gasteiger partial charge in [0.05, 0.1) is 0 Å². The maximum Gasteiger partial charge on any atom is 0.170 e. The summed E-state index contributed by atoms with van der Waals surface area (Å²) >= 11 is 5.10. The number of para-hydroxylation sites is 1. The summed E-state index contributed by atoms with van der Waals surface area (Å²) in [4.78, 5) is 0. The molecule has 0 atom stereocenters. The minimum Gasteiger partial charge on any atom is -0.490 e. The van der Waals surface area contributed by atoms with Crippen LogP contribution in [0.15, 0.2) is 42.5 Å². The lowest BCUT2D eigenvalue weighted by Gasteiger charge is -2.13. The van der Waals surface area contributed by atoms with Crippen molar-refractivity contribution in [3.05, 3.63) is 53.6 Å². The summed E-state index contributed by atoms with van der Waals surface area (Å²) in [7, 11) is 1.78. The third-order valence-electron chi connectivity index (χ3n) is 3.37. The zero-order chi connectivity index (χ0) is 16.7. The van der Waals surface area contributed by atoms with Crippen molar-refractivity contribution >= 4 is 23.0 Å². The summed E-state index contributed by atoms with van der Waals surface area (Å²) in [6.07, 6.45) is 0. The fraction of sp³-hybridized carbons (Fsp3) is 0.278. The first kappa shape index (κ1) is 17.1. The number of anilines is 1. The van der Waals surface area contributed by atoms with Crippen LogP contribution in [-0.2, 0) is 0 Å². The molecule has 0 bridgehead atoms. The maximum atomic E-state index is 5.83. The van der Waals surface area contributed by atoms with E-state index in [1.165, 1.54) is 0 Å². The summed E-state index contributed by atoms with van der Waals surface area (Å²) in [5.74, 6) is 1.71. The molecular weight excluding hydrogens is 308 g/mol. The number of thiocarbonyl (C=S) groups is 1. The third-order valence-corrected chi connectivity index (χ3v) is 3.67. The Labute approximate surface area is 142 Å². The Morgan fingerprint density at radius 1 is 0.957 bits per heavy atom. The fourth-order valence-corrected chi connectivity index (χ4v) is 2.17. The lowest BCUT2D eigenvalue weighted by atomic mass is 10.2. The molecule has 4 nitrogen and oxygen atoms in total. The highest BCUT2D eigenvalue weighted by atomic mass is 32.1. The Bertz CT molecular complexity index is 674. The van der Waals surface area contributed by atoms with Crippen LogP contribution in [0.5, 0.6) is 11.5 Å².